The van der Waals surface area contributed by atoms with E-state index in [4.69, 9.17) is 0 Å². The molecule has 0 aromatic rings. The molecule has 1 rings (SSSR count). The number of carbonyl (C=O) groups is 1. The molecule has 0 aromatic heterocycles. The van der Waals surface area contributed by atoms with Crippen molar-refractivity contribution in [2.24, 2.45) is 0 Å². The lowest BCUT2D eigenvalue weighted by Crippen LogP contribution is -2.47. The number of aliphatic hydroxyl groups excluding tert-OH is 1. The minimum absolute atomic E-state index is 0.206. The lowest BCUT2D eigenvalue weighted by atomic mass is 10.0. The summed E-state index contributed by atoms with van der Waals surface area (Å²) in [5, 5.41) is 9.25. The molecule has 0 saturated carbocycles. The number of halogens is 3. The Morgan fingerprint density at radius 1 is 1.53 bits per heavy atom. The molecular weight excluding hydrogens is 211 g/mol. The van der Waals surface area contributed by atoms with Crippen molar-refractivity contribution in [2.75, 3.05) is 6.54 Å². The molecule has 15 heavy (non-hydrogen) atoms. The van der Waals surface area contributed by atoms with E-state index in [1.807, 2.05) is 0 Å². The van der Waals surface area contributed by atoms with Crippen molar-refractivity contribution in [1.29, 1.82) is 0 Å². The van der Waals surface area contributed by atoms with Gasteiger partial charge in [-0.3, -0.25) is 4.79 Å². The van der Waals surface area contributed by atoms with E-state index in [0.717, 1.165) is 0 Å². The first kappa shape index (κ1) is 12.3. The van der Waals surface area contributed by atoms with Crippen molar-refractivity contribution in [3.05, 3.63) is 0 Å². The second-order valence-electron chi connectivity index (χ2n) is 3.91. The van der Waals surface area contributed by atoms with E-state index in [0.29, 0.717) is 12.8 Å². The summed E-state index contributed by atoms with van der Waals surface area (Å²) >= 11 is 0. The van der Waals surface area contributed by atoms with E-state index in [9.17, 15) is 23.1 Å². The van der Waals surface area contributed by atoms with Gasteiger partial charge >= 0.3 is 6.18 Å². The molecule has 1 fully saturated rings. The zero-order valence-corrected chi connectivity index (χ0v) is 8.42. The van der Waals surface area contributed by atoms with E-state index in [-0.39, 0.29) is 12.6 Å². The molecular formula is C9H14F3NO2. The third-order valence-corrected chi connectivity index (χ3v) is 2.52. The van der Waals surface area contributed by atoms with Gasteiger partial charge in [0, 0.05) is 12.6 Å². The fourth-order valence-corrected chi connectivity index (χ4v) is 1.79. The van der Waals surface area contributed by atoms with Gasteiger partial charge in [0.05, 0.1) is 6.10 Å². The number of alkyl halides is 3. The Balaban J connectivity index is 2.53. The SMILES string of the molecule is CC1CC(O)CCN1C(=O)CC(F)(F)F. The number of hydrogen-bond acceptors (Lipinski definition) is 2. The van der Waals surface area contributed by atoms with Gasteiger partial charge in [0.25, 0.3) is 0 Å². The maximum absolute atomic E-state index is 12.0. The topological polar surface area (TPSA) is 40.5 Å². The molecule has 0 bridgehead atoms. The highest BCUT2D eigenvalue weighted by atomic mass is 19.4. The highest BCUT2D eigenvalue weighted by Gasteiger charge is 2.36. The first-order chi connectivity index (χ1) is 6.79. The van der Waals surface area contributed by atoms with Crippen LogP contribution >= 0.6 is 0 Å². The summed E-state index contributed by atoms with van der Waals surface area (Å²) in [4.78, 5) is 12.4. The van der Waals surface area contributed by atoms with Crippen molar-refractivity contribution >= 4 is 5.91 Å². The zero-order chi connectivity index (χ0) is 11.6. The number of piperidine rings is 1. The molecule has 1 aliphatic heterocycles. The maximum Gasteiger partial charge on any atom is 0.397 e. The minimum Gasteiger partial charge on any atom is -0.393 e. The Morgan fingerprint density at radius 2 is 2.13 bits per heavy atom. The van der Waals surface area contributed by atoms with Crippen LogP contribution < -0.4 is 0 Å². The van der Waals surface area contributed by atoms with Crippen LogP contribution in [0.25, 0.3) is 0 Å². The normalized spacial score (nSPS) is 27.9. The maximum atomic E-state index is 12.0. The van der Waals surface area contributed by atoms with Gasteiger partial charge in [0.1, 0.15) is 6.42 Å². The Kier molecular flexibility index (Phi) is 3.59. The zero-order valence-electron chi connectivity index (χ0n) is 8.42. The van der Waals surface area contributed by atoms with Crippen molar-refractivity contribution in [2.45, 2.75) is 44.5 Å². The van der Waals surface area contributed by atoms with Crippen LogP contribution in [0.5, 0.6) is 0 Å². The molecule has 0 spiro atoms. The molecule has 2 unspecified atom stereocenters. The monoisotopic (exact) mass is 225 g/mol. The van der Waals surface area contributed by atoms with Crippen LogP contribution in [0.2, 0.25) is 0 Å². The third kappa shape index (κ3) is 3.70. The molecule has 1 saturated heterocycles. The minimum atomic E-state index is -4.45. The molecule has 1 N–H and O–H groups in total. The van der Waals surface area contributed by atoms with Crippen molar-refractivity contribution in [3.63, 3.8) is 0 Å². The molecule has 1 aliphatic rings. The number of carbonyl (C=O) groups excluding carboxylic acids is 1. The standard InChI is InChI=1S/C9H14F3NO2/c1-6-4-7(14)2-3-13(6)8(15)5-9(10,11)12/h6-7,14H,2-5H2,1H3. The lowest BCUT2D eigenvalue weighted by Gasteiger charge is -2.36. The van der Waals surface area contributed by atoms with Gasteiger partial charge in [-0.25, -0.2) is 0 Å². The van der Waals surface area contributed by atoms with Crippen LogP contribution in [0.4, 0.5) is 13.2 Å². The summed E-state index contributed by atoms with van der Waals surface area (Å²) < 4.78 is 35.9. The van der Waals surface area contributed by atoms with Crippen LogP contribution in [0.3, 0.4) is 0 Å². The molecule has 1 heterocycles. The molecule has 1 amide bonds. The fourth-order valence-electron chi connectivity index (χ4n) is 1.79. The Morgan fingerprint density at radius 3 is 2.60 bits per heavy atom. The number of nitrogens with zero attached hydrogens (tertiary/aromatic N) is 1. The fraction of sp³-hybridized carbons (Fsp3) is 0.889. The Labute approximate surface area is 85.9 Å². The predicted molar refractivity (Wildman–Crippen MR) is 47.1 cm³/mol. The average Bonchev–Trinajstić information content (AvgIpc) is 1.99. The summed E-state index contributed by atoms with van der Waals surface area (Å²) in [6.45, 7) is 1.86. The van der Waals surface area contributed by atoms with E-state index in [1.54, 1.807) is 6.92 Å². The van der Waals surface area contributed by atoms with Crippen molar-refractivity contribution in [1.82, 2.24) is 4.90 Å². The highest BCUT2D eigenvalue weighted by molar-refractivity contribution is 5.77. The van der Waals surface area contributed by atoms with Gasteiger partial charge in [-0.05, 0) is 19.8 Å². The number of hydrogen-bond donors (Lipinski definition) is 1. The molecule has 2 atom stereocenters. The van der Waals surface area contributed by atoms with Gasteiger partial charge < -0.3 is 10.0 Å². The van der Waals surface area contributed by atoms with Crippen molar-refractivity contribution < 1.29 is 23.1 Å². The van der Waals surface area contributed by atoms with Crippen LogP contribution in [-0.2, 0) is 4.79 Å². The first-order valence-electron chi connectivity index (χ1n) is 4.84. The van der Waals surface area contributed by atoms with Gasteiger partial charge in [-0.2, -0.15) is 13.2 Å². The molecule has 0 aromatic carbocycles. The lowest BCUT2D eigenvalue weighted by molar-refractivity contribution is -0.164. The number of rotatable bonds is 1. The second kappa shape index (κ2) is 4.38. The number of aliphatic hydroxyl groups is 1. The molecule has 88 valence electrons. The number of amides is 1. The van der Waals surface area contributed by atoms with Gasteiger partial charge in [0.15, 0.2) is 0 Å². The Hall–Kier alpha value is -0.780. The van der Waals surface area contributed by atoms with Gasteiger partial charge in [-0.1, -0.05) is 0 Å². The highest BCUT2D eigenvalue weighted by Crippen LogP contribution is 2.24. The van der Waals surface area contributed by atoms with Gasteiger partial charge in [0.2, 0.25) is 5.91 Å². The summed E-state index contributed by atoms with van der Waals surface area (Å²) in [7, 11) is 0. The van der Waals surface area contributed by atoms with Crippen LogP contribution in [0.15, 0.2) is 0 Å². The Bertz CT molecular complexity index is 242. The van der Waals surface area contributed by atoms with E-state index in [1.165, 1.54) is 4.90 Å². The van der Waals surface area contributed by atoms with Crippen LogP contribution in [0.1, 0.15) is 26.2 Å². The van der Waals surface area contributed by atoms with Crippen LogP contribution in [-0.4, -0.2) is 40.8 Å². The summed E-state index contributed by atoms with van der Waals surface area (Å²) in [5.41, 5.74) is 0. The third-order valence-electron chi connectivity index (χ3n) is 2.52. The summed E-state index contributed by atoms with van der Waals surface area (Å²) in [5.74, 6) is -0.901. The van der Waals surface area contributed by atoms with Crippen LogP contribution in [0, 0.1) is 0 Å². The molecule has 0 radical (unpaired) electrons. The predicted octanol–water partition coefficient (Wildman–Crippen LogP) is 1.31. The van der Waals surface area contributed by atoms with E-state index < -0.39 is 24.6 Å². The summed E-state index contributed by atoms with van der Waals surface area (Å²) in [6, 6.07) is -0.316. The van der Waals surface area contributed by atoms with Gasteiger partial charge in [-0.15, -0.1) is 0 Å². The largest absolute Gasteiger partial charge is 0.397 e. The second-order valence-corrected chi connectivity index (χ2v) is 3.91. The van der Waals surface area contributed by atoms with Crippen molar-refractivity contribution in [3.8, 4) is 0 Å². The first-order valence-corrected chi connectivity index (χ1v) is 4.84. The molecule has 6 heteroatoms. The van der Waals surface area contributed by atoms with E-state index >= 15 is 0 Å². The average molecular weight is 225 g/mol. The number of likely N-dealkylation sites (tertiary alicyclic amines) is 1. The molecule has 3 nitrogen and oxygen atoms in total. The smallest absolute Gasteiger partial charge is 0.393 e. The van der Waals surface area contributed by atoms with E-state index in [2.05, 4.69) is 0 Å². The quantitative estimate of drug-likeness (QED) is 0.731. The summed E-state index contributed by atoms with van der Waals surface area (Å²) in [6.07, 6.45) is -5.66. The molecule has 0 aliphatic carbocycles.